The Kier molecular flexibility index (Phi) is 10.1. The molecule has 4 N–H and O–H groups in total. The number of hydrogen-bond donors (Lipinski definition) is 4. The molecule has 5 nitrogen and oxygen atoms in total. The average Bonchev–Trinajstić information content (AvgIpc) is 2.82. The normalized spacial score (nSPS) is 24.9. The Balaban J connectivity index is 1.70. The largest absolute Gasteiger partial charge is 0.507 e. The van der Waals surface area contributed by atoms with Gasteiger partial charge in [0.2, 0.25) is 0 Å². The lowest BCUT2D eigenvalue weighted by Gasteiger charge is -2.37. The van der Waals surface area contributed by atoms with Crippen molar-refractivity contribution in [3.05, 3.63) is 52.2 Å². The van der Waals surface area contributed by atoms with Crippen molar-refractivity contribution >= 4 is 15.0 Å². The standard InChI is InChI=1S/C28H42F2N3O2P/c1-4-18(2)25(13-19(3)27(31)24-11-10-21(15-26(24)35)28(29,30)36)32-22-8-6-12-33(17-22)16-20-7-5-9-23(34)14-20/h10-11,13,15,20,22-23,31-32,34-35H,4-9,12,14,16-17,36H2,1-3H3/b19-13-,25-18-,31-27?. The molecule has 4 atom stereocenters. The molecular formula is C28H42F2N3O2P. The van der Waals surface area contributed by atoms with Crippen LogP contribution >= 0.6 is 9.24 Å². The Morgan fingerprint density at radius 2 is 2.00 bits per heavy atom. The molecule has 1 saturated heterocycles. The van der Waals surface area contributed by atoms with E-state index in [0.29, 0.717) is 17.5 Å². The van der Waals surface area contributed by atoms with E-state index in [9.17, 15) is 19.0 Å². The van der Waals surface area contributed by atoms with Crippen molar-refractivity contribution in [2.75, 3.05) is 19.6 Å². The van der Waals surface area contributed by atoms with Crippen LogP contribution in [0, 0.1) is 11.3 Å². The summed E-state index contributed by atoms with van der Waals surface area (Å²) in [5.41, 5.74) is -0.300. The summed E-state index contributed by atoms with van der Waals surface area (Å²) in [6, 6.07) is 3.95. The number of aromatic hydroxyl groups is 1. The van der Waals surface area contributed by atoms with Crippen molar-refractivity contribution < 1.29 is 19.0 Å². The predicted molar refractivity (Wildman–Crippen MR) is 146 cm³/mol. The zero-order chi connectivity index (χ0) is 26.5. The summed E-state index contributed by atoms with van der Waals surface area (Å²) in [4.78, 5) is 2.52. The third kappa shape index (κ3) is 7.84. The van der Waals surface area contributed by atoms with Crippen molar-refractivity contribution in [2.45, 2.75) is 83.5 Å². The minimum absolute atomic E-state index is 0.107. The number of allylic oxidation sites excluding steroid dienone is 3. The van der Waals surface area contributed by atoms with Crippen LogP contribution in [0.1, 0.15) is 76.8 Å². The van der Waals surface area contributed by atoms with Gasteiger partial charge in [-0.15, -0.1) is 0 Å². The van der Waals surface area contributed by atoms with Crippen LogP contribution in [-0.4, -0.2) is 52.6 Å². The van der Waals surface area contributed by atoms with Crippen LogP contribution in [0.25, 0.3) is 0 Å². The molecular weight excluding hydrogens is 479 g/mol. The number of phenols is 1. The van der Waals surface area contributed by atoms with Crippen molar-refractivity contribution in [1.82, 2.24) is 10.2 Å². The minimum atomic E-state index is -3.13. The lowest BCUT2D eigenvalue weighted by Crippen LogP contribution is -2.47. The van der Waals surface area contributed by atoms with Crippen molar-refractivity contribution in [3.8, 4) is 5.75 Å². The molecule has 1 aliphatic heterocycles. The summed E-state index contributed by atoms with van der Waals surface area (Å²) in [6.45, 7) is 9.05. The Hall–Kier alpha value is -1.82. The van der Waals surface area contributed by atoms with Crippen molar-refractivity contribution in [3.63, 3.8) is 0 Å². The number of hydrogen-bond acceptors (Lipinski definition) is 5. The highest BCUT2D eigenvalue weighted by Crippen LogP contribution is 2.37. The molecule has 1 aliphatic carbocycles. The highest BCUT2D eigenvalue weighted by atomic mass is 31.0. The van der Waals surface area contributed by atoms with Gasteiger partial charge in [-0.25, -0.2) is 0 Å². The maximum absolute atomic E-state index is 13.6. The van der Waals surface area contributed by atoms with Crippen LogP contribution < -0.4 is 5.32 Å². The fourth-order valence-corrected chi connectivity index (χ4v) is 5.46. The van der Waals surface area contributed by atoms with Crippen LogP contribution in [0.4, 0.5) is 8.78 Å². The number of halogens is 2. The van der Waals surface area contributed by atoms with Crippen LogP contribution in [0.5, 0.6) is 5.75 Å². The quantitative estimate of drug-likeness (QED) is 0.185. The monoisotopic (exact) mass is 521 g/mol. The molecule has 0 bridgehead atoms. The molecule has 2 fully saturated rings. The van der Waals surface area contributed by atoms with E-state index in [0.717, 1.165) is 69.9 Å². The van der Waals surface area contributed by atoms with E-state index >= 15 is 0 Å². The molecule has 3 rings (SSSR count). The zero-order valence-electron chi connectivity index (χ0n) is 21.8. The fraction of sp³-hybridized carbons (Fsp3) is 0.607. The number of nitrogens with zero attached hydrogens (tertiary/aromatic N) is 1. The highest BCUT2D eigenvalue weighted by molar-refractivity contribution is 7.17. The molecule has 0 radical (unpaired) electrons. The number of aliphatic hydroxyl groups excluding tert-OH is 1. The summed E-state index contributed by atoms with van der Waals surface area (Å²) in [5.74, 6) is 0.238. The number of alkyl halides is 2. The maximum Gasteiger partial charge on any atom is 0.284 e. The van der Waals surface area contributed by atoms with E-state index in [1.165, 1.54) is 33.4 Å². The van der Waals surface area contributed by atoms with E-state index < -0.39 is 5.66 Å². The minimum Gasteiger partial charge on any atom is -0.507 e. The molecule has 8 heteroatoms. The van der Waals surface area contributed by atoms with Crippen molar-refractivity contribution in [1.29, 1.82) is 5.41 Å². The van der Waals surface area contributed by atoms with Crippen LogP contribution in [-0.2, 0) is 5.66 Å². The van der Waals surface area contributed by atoms with Gasteiger partial charge in [0.1, 0.15) is 5.75 Å². The highest BCUT2D eigenvalue weighted by Gasteiger charge is 2.27. The van der Waals surface area contributed by atoms with Gasteiger partial charge < -0.3 is 20.4 Å². The lowest BCUT2D eigenvalue weighted by atomic mass is 9.86. The van der Waals surface area contributed by atoms with E-state index in [-0.39, 0.29) is 28.7 Å². The third-order valence-electron chi connectivity index (χ3n) is 7.53. The SMILES string of the molecule is CC/C(C)=C(/C=C(/C)C(=N)c1ccc(C(F)(F)P)cc1O)NC1CCCN(CC2CCCC(O)C2)C1. The molecule has 1 heterocycles. The van der Waals surface area contributed by atoms with Gasteiger partial charge in [0.15, 0.2) is 0 Å². The second kappa shape index (κ2) is 12.6. The maximum atomic E-state index is 13.6. The molecule has 4 unspecified atom stereocenters. The summed E-state index contributed by atoms with van der Waals surface area (Å²) in [6.07, 6.45) is 8.97. The summed E-state index contributed by atoms with van der Waals surface area (Å²) in [5, 5.41) is 32.7. The Morgan fingerprint density at radius 1 is 1.25 bits per heavy atom. The van der Waals surface area contributed by atoms with Gasteiger partial charge in [-0.1, -0.05) is 34.2 Å². The molecule has 2 aliphatic rings. The molecule has 1 aromatic carbocycles. The predicted octanol–water partition coefficient (Wildman–Crippen LogP) is 5.92. The van der Waals surface area contributed by atoms with Crippen molar-refractivity contribution in [2.24, 2.45) is 5.92 Å². The number of phenolic OH excluding ortho intramolecular Hbond substituents is 1. The number of benzene rings is 1. The van der Waals surface area contributed by atoms with Crippen LogP contribution in [0.3, 0.4) is 0 Å². The number of aliphatic hydroxyl groups is 1. The number of likely N-dealkylation sites (tertiary alicyclic amines) is 1. The van der Waals surface area contributed by atoms with E-state index in [1.54, 1.807) is 0 Å². The van der Waals surface area contributed by atoms with E-state index in [1.807, 2.05) is 13.0 Å². The summed E-state index contributed by atoms with van der Waals surface area (Å²) >= 11 is 0. The summed E-state index contributed by atoms with van der Waals surface area (Å²) < 4.78 is 27.2. The first-order chi connectivity index (χ1) is 17.0. The molecule has 200 valence electrons. The average molecular weight is 522 g/mol. The second-order valence-corrected chi connectivity index (χ2v) is 11.3. The first-order valence-corrected chi connectivity index (χ1v) is 13.7. The Bertz CT molecular complexity index is 989. The molecule has 0 spiro atoms. The van der Waals surface area contributed by atoms with Gasteiger partial charge in [-0.2, -0.15) is 8.78 Å². The molecule has 1 saturated carbocycles. The van der Waals surface area contributed by atoms with Gasteiger partial charge in [0.05, 0.1) is 11.8 Å². The summed E-state index contributed by atoms with van der Waals surface area (Å²) in [7, 11) is 1.47. The number of piperidine rings is 1. The third-order valence-corrected chi connectivity index (χ3v) is 7.87. The molecule has 0 aromatic heterocycles. The topological polar surface area (TPSA) is 79.6 Å². The first-order valence-electron chi connectivity index (χ1n) is 13.1. The Morgan fingerprint density at radius 3 is 2.64 bits per heavy atom. The zero-order valence-corrected chi connectivity index (χ0v) is 22.9. The molecule has 0 amide bonds. The van der Waals surface area contributed by atoms with Gasteiger partial charge in [-0.05, 0) is 88.6 Å². The van der Waals surface area contributed by atoms with Gasteiger partial charge in [-0.3, -0.25) is 5.41 Å². The van der Waals surface area contributed by atoms with E-state index in [2.05, 4.69) is 24.1 Å². The smallest absolute Gasteiger partial charge is 0.284 e. The van der Waals surface area contributed by atoms with Gasteiger partial charge >= 0.3 is 0 Å². The number of nitrogens with one attached hydrogen (secondary N) is 2. The van der Waals surface area contributed by atoms with Gasteiger partial charge in [0, 0.05) is 36.0 Å². The first kappa shape index (κ1) is 28.7. The fourth-order valence-electron chi connectivity index (χ4n) is 5.28. The number of rotatable bonds is 9. The Labute approximate surface area is 216 Å². The second-order valence-electron chi connectivity index (χ2n) is 10.5. The van der Waals surface area contributed by atoms with E-state index in [4.69, 9.17) is 5.41 Å². The lowest BCUT2D eigenvalue weighted by molar-refractivity contribution is 0.0762. The van der Waals surface area contributed by atoms with Crippen LogP contribution in [0.15, 0.2) is 41.1 Å². The molecule has 36 heavy (non-hydrogen) atoms. The van der Waals surface area contributed by atoms with Gasteiger partial charge in [0.25, 0.3) is 5.66 Å². The molecule has 1 aromatic rings. The van der Waals surface area contributed by atoms with Crippen LogP contribution in [0.2, 0.25) is 0 Å².